The number of hydrogen-bond donors (Lipinski definition) is 1. The number of carbonyl (C=O) groups is 2. The summed E-state index contributed by atoms with van der Waals surface area (Å²) in [4.78, 5) is 30.3. The number of rotatable bonds is 4. The molecule has 1 fully saturated rings. The number of benzene rings is 1. The molecule has 1 aliphatic rings. The quantitative estimate of drug-likeness (QED) is 0.874. The number of nitrogens with zero attached hydrogens (tertiary/aromatic N) is 3. The van der Waals surface area contributed by atoms with Crippen LogP contribution in [0.15, 0.2) is 34.9 Å². The fourth-order valence-electron chi connectivity index (χ4n) is 2.51. The summed E-state index contributed by atoms with van der Waals surface area (Å²) in [6.45, 7) is 5.53. The molecule has 1 unspecified atom stereocenters. The molecule has 1 aromatic carbocycles. The van der Waals surface area contributed by atoms with Crippen LogP contribution in [0, 0.1) is 0 Å². The van der Waals surface area contributed by atoms with Crippen LogP contribution in [0.4, 0.5) is 4.79 Å². The van der Waals surface area contributed by atoms with E-state index in [-0.39, 0.29) is 24.3 Å². The minimum Gasteiger partial charge on any atom is -0.337 e. The highest BCUT2D eigenvalue weighted by atomic mass is 16.5. The van der Waals surface area contributed by atoms with Crippen LogP contribution in [0.2, 0.25) is 0 Å². The Kier molecular flexibility index (Phi) is 3.63. The number of amides is 3. The average molecular weight is 314 g/mol. The van der Waals surface area contributed by atoms with E-state index in [0.717, 1.165) is 10.5 Å². The third kappa shape index (κ3) is 2.58. The molecule has 3 rings (SSSR count). The highest BCUT2D eigenvalue weighted by molar-refractivity contribution is 6.07. The Hall–Kier alpha value is -2.70. The first kappa shape index (κ1) is 15.2. The highest BCUT2D eigenvalue weighted by Crippen LogP contribution is 2.29. The van der Waals surface area contributed by atoms with Crippen molar-refractivity contribution in [2.45, 2.75) is 38.8 Å². The molecule has 120 valence electrons. The molecule has 0 spiro atoms. The summed E-state index contributed by atoms with van der Waals surface area (Å²) in [5, 5.41) is 6.59. The molecule has 0 radical (unpaired) electrons. The Morgan fingerprint density at radius 2 is 1.96 bits per heavy atom. The van der Waals surface area contributed by atoms with Crippen molar-refractivity contribution in [2.75, 3.05) is 0 Å². The Bertz CT molecular complexity index is 741. The van der Waals surface area contributed by atoms with Crippen molar-refractivity contribution in [3.63, 3.8) is 0 Å². The van der Waals surface area contributed by atoms with Crippen LogP contribution >= 0.6 is 0 Å². The molecule has 2 heterocycles. The third-order valence-corrected chi connectivity index (χ3v) is 3.92. The molecule has 1 N–H and O–H groups in total. The van der Waals surface area contributed by atoms with Crippen LogP contribution < -0.4 is 5.32 Å². The summed E-state index contributed by atoms with van der Waals surface area (Å²) >= 11 is 0. The fraction of sp³-hybridized carbons (Fsp3) is 0.375. The van der Waals surface area contributed by atoms with Gasteiger partial charge in [0, 0.05) is 5.92 Å². The van der Waals surface area contributed by atoms with Gasteiger partial charge in [0.05, 0.1) is 0 Å². The third-order valence-electron chi connectivity index (χ3n) is 3.92. The normalized spacial score (nSPS) is 21.1. The first-order chi connectivity index (χ1) is 10.9. The van der Waals surface area contributed by atoms with Gasteiger partial charge in [-0.3, -0.25) is 9.69 Å². The van der Waals surface area contributed by atoms with Gasteiger partial charge >= 0.3 is 6.03 Å². The zero-order chi connectivity index (χ0) is 16.6. The number of imide groups is 1. The Balaban J connectivity index is 1.84. The van der Waals surface area contributed by atoms with E-state index in [4.69, 9.17) is 4.52 Å². The molecule has 1 atom stereocenters. The van der Waals surface area contributed by atoms with Crippen molar-refractivity contribution in [3.8, 4) is 0 Å². The summed E-state index contributed by atoms with van der Waals surface area (Å²) in [5.41, 5.74) is -0.353. The van der Waals surface area contributed by atoms with Gasteiger partial charge in [0.15, 0.2) is 5.82 Å². The standard InChI is InChI=1S/C16H18N4O3/c1-10(2)13-17-12(23-19-13)9-20-14(21)16(3,18-15(20)22)11-7-5-4-6-8-11/h4-8,10H,9H2,1-3H3,(H,18,22). The lowest BCUT2D eigenvalue weighted by molar-refractivity contribution is -0.131. The fourth-order valence-corrected chi connectivity index (χ4v) is 2.51. The molecule has 0 aliphatic carbocycles. The lowest BCUT2D eigenvalue weighted by Crippen LogP contribution is -2.40. The zero-order valence-corrected chi connectivity index (χ0v) is 13.2. The summed E-state index contributed by atoms with van der Waals surface area (Å²) in [7, 11) is 0. The van der Waals surface area contributed by atoms with E-state index < -0.39 is 11.6 Å². The molecular weight excluding hydrogens is 296 g/mol. The van der Waals surface area contributed by atoms with Crippen molar-refractivity contribution in [1.82, 2.24) is 20.4 Å². The Morgan fingerprint density at radius 3 is 2.57 bits per heavy atom. The van der Waals surface area contributed by atoms with Gasteiger partial charge in [-0.25, -0.2) is 4.79 Å². The summed E-state index contributed by atoms with van der Waals surface area (Å²) < 4.78 is 5.12. The van der Waals surface area contributed by atoms with E-state index in [1.807, 2.05) is 44.2 Å². The number of carbonyl (C=O) groups excluding carboxylic acids is 2. The lowest BCUT2D eigenvalue weighted by Gasteiger charge is -2.21. The maximum atomic E-state index is 12.7. The van der Waals surface area contributed by atoms with Crippen LogP contribution in [-0.4, -0.2) is 27.0 Å². The van der Waals surface area contributed by atoms with Gasteiger partial charge < -0.3 is 9.84 Å². The molecule has 0 bridgehead atoms. The summed E-state index contributed by atoms with van der Waals surface area (Å²) in [6, 6.07) is 8.67. The van der Waals surface area contributed by atoms with Crippen LogP contribution in [0.1, 0.15) is 44.0 Å². The number of aromatic nitrogens is 2. The molecule has 7 heteroatoms. The van der Waals surface area contributed by atoms with E-state index >= 15 is 0 Å². The van der Waals surface area contributed by atoms with Crippen molar-refractivity contribution in [3.05, 3.63) is 47.6 Å². The predicted octanol–water partition coefficient (Wildman–Crippen LogP) is 2.16. The van der Waals surface area contributed by atoms with Crippen LogP contribution in [0.25, 0.3) is 0 Å². The smallest absolute Gasteiger partial charge is 0.325 e. The Labute approximate surface area is 133 Å². The van der Waals surface area contributed by atoms with E-state index in [1.54, 1.807) is 6.92 Å². The molecule has 1 aliphatic heterocycles. The molecular formula is C16H18N4O3. The minimum atomic E-state index is -1.08. The monoisotopic (exact) mass is 314 g/mol. The number of nitrogens with one attached hydrogen (secondary N) is 1. The second-order valence-electron chi connectivity index (χ2n) is 6.01. The maximum absolute atomic E-state index is 12.7. The molecule has 3 amide bonds. The molecule has 1 aromatic heterocycles. The van der Waals surface area contributed by atoms with Gasteiger partial charge in [-0.15, -0.1) is 0 Å². The van der Waals surface area contributed by atoms with Gasteiger partial charge in [-0.05, 0) is 12.5 Å². The topological polar surface area (TPSA) is 88.3 Å². The average Bonchev–Trinajstić information content (AvgIpc) is 3.08. The molecule has 0 saturated carbocycles. The van der Waals surface area contributed by atoms with E-state index in [1.165, 1.54) is 0 Å². The van der Waals surface area contributed by atoms with Crippen molar-refractivity contribution >= 4 is 11.9 Å². The molecule has 2 aromatic rings. The highest BCUT2D eigenvalue weighted by Gasteiger charge is 2.49. The second-order valence-corrected chi connectivity index (χ2v) is 6.01. The van der Waals surface area contributed by atoms with Gasteiger partial charge in [0.1, 0.15) is 12.1 Å². The van der Waals surface area contributed by atoms with Crippen LogP contribution in [0.3, 0.4) is 0 Å². The first-order valence-corrected chi connectivity index (χ1v) is 7.44. The lowest BCUT2D eigenvalue weighted by atomic mass is 9.92. The molecule has 7 nitrogen and oxygen atoms in total. The van der Waals surface area contributed by atoms with Crippen molar-refractivity contribution in [2.24, 2.45) is 0 Å². The van der Waals surface area contributed by atoms with Crippen molar-refractivity contribution < 1.29 is 14.1 Å². The SMILES string of the molecule is CC(C)c1noc(CN2C(=O)NC(C)(c3ccccc3)C2=O)n1. The van der Waals surface area contributed by atoms with E-state index in [2.05, 4.69) is 15.5 Å². The zero-order valence-electron chi connectivity index (χ0n) is 13.2. The van der Waals surface area contributed by atoms with E-state index in [9.17, 15) is 9.59 Å². The second kappa shape index (κ2) is 5.49. The van der Waals surface area contributed by atoms with Crippen molar-refractivity contribution in [1.29, 1.82) is 0 Å². The van der Waals surface area contributed by atoms with Gasteiger partial charge in [0.2, 0.25) is 5.89 Å². The largest absolute Gasteiger partial charge is 0.337 e. The molecule has 23 heavy (non-hydrogen) atoms. The summed E-state index contributed by atoms with van der Waals surface area (Å²) in [5.74, 6) is 0.579. The van der Waals surface area contributed by atoms with Crippen LogP contribution in [0.5, 0.6) is 0 Å². The summed E-state index contributed by atoms with van der Waals surface area (Å²) in [6.07, 6.45) is 0. The minimum absolute atomic E-state index is 0.0349. The number of hydrogen-bond acceptors (Lipinski definition) is 5. The van der Waals surface area contributed by atoms with Gasteiger partial charge in [0.25, 0.3) is 5.91 Å². The maximum Gasteiger partial charge on any atom is 0.325 e. The van der Waals surface area contributed by atoms with E-state index in [0.29, 0.717) is 5.82 Å². The van der Waals surface area contributed by atoms with Gasteiger partial charge in [-0.2, -0.15) is 4.98 Å². The number of urea groups is 1. The van der Waals surface area contributed by atoms with Gasteiger partial charge in [-0.1, -0.05) is 49.3 Å². The van der Waals surface area contributed by atoms with Crippen LogP contribution in [-0.2, 0) is 16.9 Å². The predicted molar refractivity (Wildman–Crippen MR) is 81.3 cm³/mol. The molecule has 1 saturated heterocycles. The first-order valence-electron chi connectivity index (χ1n) is 7.44. The Morgan fingerprint density at radius 1 is 1.26 bits per heavy atom.